The predicted molar refractivity (Wildman–Crippen MR) is 55.4 cm³/mol. The summed E-state index contributed by atoms with van der Waals surface area (Å²) >= 11 is 5.58. The van der Waals surface area contributed by atoms with Gasteiger partial charge in [-0.05, 0) is 42.5 Å². The molecule has 1 aliphatic carbocycles. The summed E-state index contributed by atoms with van der Waals surface area (Å²) in [6, 6.07) is 0. The van der Waals surface area contributed by atoms with Crippen molar-refractivity contribution in [3.63, 3.8) is 0 Å². The SMILES string of the molecule is C=C(Cl)/C=C\C1=C(N=O)CCCC1. The molecule has 0 aromatic heterocycles. The van der Waals surface area contributed by atoms with Crippen LogP contribution in [0.3, 0.4) is 0 Å². The summed E-state index contributed by atoms with van der Waals surface area (Å²) in [6.07, 6.45) is 7.42. The molecule has 0 unspecified atom stereocenters. The zero-order chi connectivity index (χ0) is 9.68. The number of hydrogen-bond acceptors (Lipinski definition) is 2. The quantitative estimate of drug-likeness (QED) is 0.499. The van der Waals surface area contributed by atoms with E-state index in [9.17, 15) is 4.91 Å². The van der Waals surface area contributed by atoms with Crippen LogP contribution in [-0.2, 0) is 0 Å². The number of nitroso groups, excluding NO2 is 1. The van der Waals surface area contributed by atoms with Crippen LogP contribution in [0.15, 0.2) is 40.2 Å². The van der Waals surface area contributed by atoms with E-state index < -0.39 is 0 Å². The second kappa shape index (κ2) is 4.97. The molecule has 0 saturated heterocycles. The van der Waals surface area contributed by atoms with Crippen LogP contribution >= 0.6 is 11.6 Å². The molecule has 0 atom stereocenters. The molecule has 0 fully saturated rings. The fourth-order valence-corrected chi connectivity index (χ4v) is 1.45. The highest BCUT2D eigenvalue weighted by molar-refractivity contribution is 6.30. The van der Waals surface area contributed by atoms with E-state index in [0.717, 1.165) is 31.3 Å². The van der Waals surface area contributed by atoms with Gasteiger partial charge < -0.3 is 0 Å². The lowest BCUT2D eigenvalue weighted by molar-refractivity contribution is 0.676. The van der Waals surface area contributed by atoms with Crippen molar-refractivity contribution < 1.29 is 0 Å². The molecule has 0 spiro atoms. The van der Waals surface area contributed by atoms with Crippen LogP contribution < -0.4 is 0 Å². The monoisotopic (exact) mass is 197 g/mol. The molecule has 0 heterocycles. The maximum atomic E-state index is 10.4. The van der Waals surface area contributed by atoms with Crippen molar-refractivity contribution in [1.82, 2.24) is 0 Å². The minimum atomic E-state index is 0.475. The first-order valence-electron chi connectivity index (χ1n) is 4.32. The molecular formula is C10H12ClNO. The Morgan fingerprint density at radius 1 is 1.46 bits per heavy atom. The maximum Gasteiger partial charge on any atom is 0.0880 e. The van der Waals surface area contributed by atoms with E-state index in [1.54, 1.807) is 6.08 Å². The van der Waals surface area contributed by atoms with Crippen molar-refractivity contribution in [3.8, 4) is 0 Å². The van der Waals surface area contributed by atoms with Crippen LogP contribution in [0.4, 0.5) is 0 Å². The normalized spacial score (nSPS) is 17.9. The van der Waals surface area contributed by atoms with Gasteiger partial charge in [0.15, 0.2) is 0 Å². The van der Waals surface area contributed by atoms with Crippen LogP contribution in [-0.4, -0.2) is 0 Å². The van der Waals surface area contributed by atoms with Crippen LogP contribution in [0.5, 0.6) is 0 Å². The molecule has 0 aromatic rings. The van der Waals surface area contributed by atoms with Gasteiger partial charge >= 0.3 is 0 Å². The Bertz CT molecular complexity index is 279. The molecule has 0 aromatic carbocycles. The molecule has 3 heteroatoms. The summed E-state index contributed by atoms with van der Waals surface area (Å²) in [7, 11) is 0. The van der Waals surface area contributed by atoms with Crippen molar-refractivity contribution in [2.45, 2.75) is 25.7 Å². The van der Waals surface area contributed by atoms with Crippen molar-refractivity contribution in [2.24, 2.45) is 5.18 Å². The Kier molecular flexibility index (Phi) is 3.90. The molecule has 0 saturated carbocycles. The van der Waals surface area contributed by atoms with Crippen molar-refractivity contribution in [3.05, 3.63) is 39.9 Å². The van der Waals surface area contributed by atoms with Crippen LogP contribution in [0.2, 0.25) is 0 Å². The first kappa shape index (κ1) is 10.2. The lowest BCUT2D eigenvalue weighted by atomic mass is 9.96. The van der Waals surface area contributed by atoms with Gasteiger partial charge in [0.25, 0.3) is 0 Å². The Morgan fingerprint density at radius 3 is 2.77 bits per heavy atom. The molecule has 1 rings (SSSR count). The first-order chi connectivity index (χ1) is 6.24. The summed E-state index contributed by atoms with van der Waals surface area (Å²) in [4.78, 5) is 10.4. The molecule has 0 aliphatic heterocycles. The number of allylic oxidation sites excluding steroid dienone is 5. The fraction of sp³-hybridized carbons (Fsp3) is 0.400. The molecule has 0 bridgehead atoms. The molecule has 0 N–H and O–H groups in total. The molecule has 13 heavy (non-hydrogen) atoms. The van der Waals surface area contributed by atoms with E-state index in [2.05, 4.69) is 11.8 Å². The highest BCUT2D eigenvalue weighted by Gasteiger charge is 2.10. The van der Waals surface area contributed by atoms with E-state index in [1.807, 2.05) is 6.08 Å². The minimum absolute atomic E-state index is 0.475. The van der Waals surface area contributed by atoms with E-state index in [-0.39, 0.29) is 0 Å². The van der Waals surface area contributed by atoms with Gasteiger partial charge in [0.05, 0.1) is 5.70 Å². The Balaban J connectivity index is 2.79. The van der Waals surface area contributed by atoms with Crippen LogP contribution in [0.25, 0.3) is 0 Å². The van der Waals surface area contributed by atoms with Gasteiger partial charge in [0.1, 0.15) is 0 Å². The standard InChI is InChI=1S/C10H12ClNO/c1-8(11)6-7-9-4-2-3-5-10(9)12-13/h6-7H,1-5H2/b7-6-. The highest BCUT2D eigenvalue weighted by Crippen LogP contribution is 2.26. The van der Waals surface area contributed by atoms with Crippen molar-refractivity contribution >= 4 is 11.6 Å². The van der Waals surface area contributed by atoms with Crippen LogP contribution in [0.1, 0.15) is 25.7 Å². The second-order valence-electron chi connectivity index (χ2n) is 3.05. The van der Waals surface area contributed by atoms with Gasteiger partial charge in [-0.25, -0.2) is 0 Å². The summed E-state index contributed by atoms with van der Waals surface area (Å²) in [5, 5.41) is 3.49. The zero-order valence-corrected chi connectivity index (χ0v) is 8.18. The van der Waals surface area contributed by atoms with Gasteiger partial charge in [0.2, 0.25) is 0 Å². The predicted octanol–water partition coefficient (Wildman–Crippen LogP) is 3.89. The summed E-state index contributed by atoms with van der Waals surface area (Å²) in [5.41, 5.74) is 1.67. The van der Waals surface area contributed by atoms with Gasteiger partial charge in [0, 0.05) is 5.03 Å². The second-order valence-corrected chi connectivity index (χ2v) is 3.54. The van der Waals surface area contributed by atoms with Crippen molar-refractivity contribution in [1.29, 1.82) is 0 Å². The van der Waals surface area contributed by atoms with E-state index in [1.165, 1.54) is 0 Å². The summed E-state index contributed by atoms with van der Waals surface area (Å²) in [6.45, 7) is 3.54. The molecule has 0 radical (unpaired) electrons. The van der Waals surface area contributed by atoms with E-state index >= 15 is 0 Å². The van der Waals surface area contributed by atoms with Gasteiger partial charge in [-0.1, -0.05) is 24.3 Å². The fourth-order valence-electron chi connectivity index (χ4n) is 1.39. The number of hydrogen-bond donors (Lipinski definition) is 0. The molecule has 70 valence electrons. The smallest absolute Gasteiger partial charge is 0.0880 e. The number of nitrogens with zero attached hydrogens (tertiary/aromatic N) is 1. The van der Waals surface area contributed by atoms with Gasteiger partial charge in [-0.15, -0.1) is 4.91 Å². The Labute approximate surface area is 82.9 Å². The average Bonchev–Trinajstić information content (AvgIpc) is 2.15. The maximum absolute atomic E-state index is 10.4. The topological polar surface area (TPSA) is 29.4 Å². The lowest BCUT2D eigenvalue weighted by Crippen LogP contribution is -1.95. The van der Waals surface area contributed by atoms with Crippen LogP contribution in [0, 0.1) is 4.91 Å². The lowest BCUT2D eigenvalue weighted by Gasteiger charge is -2.11. The van der Waals surface area contributed by atoms with Gasteiger partial charge in [-0.2, -0.15) is 0 Å². The Morgan fingerprint density at radius 2 is 2.15 bits per heavy atom. The largest absolute Gasteiger partial charge is 0.145 e. The Hall–Kier alpha value is -0.890. The molecule has 0 amide bonds. The number of halogens is 1. The summed E-state index contributed by atoms with van der Waals surface area (Å²) < 4.78 is 0. The third-order valence-corrected chi connectivity index (χ3v) is 2.18. The average molecular weight is 198 g/mol. The van der Waals surface area contributed by atoms with E-state index in [0.29, 0.717) is 10.7 Å². The highest BCUT2D eigenvalue weighted by atomic mass is 35.5. The van der Waals surface area contributed by atoms with Gasteiger partial charge in [-0.3, -0.25) is 0 Å². The first-order valence-corrected chi connectivity index (χ1v) is 4.69. The van der Waals surface area contributed by atoms with E-state index in [4.69, 9.17) is 11.6 Å². The molecule has 2 nitrogen and oxygen atoms in total. The zero-order valence-electron chi connectivity index (χ0n) is 7.42. The molecular weight excluding hydrogens is 186 g/mol. The third-order valence-electron chi connectivity index (χ3n) is 2.06. The number of rotatable bonds is 3. The third kappa shape index (κ3) is 3.15. The molecule has 1 aliphatic rings. The minimum Gasteiger partial charge on any atom is -0.145 e. The van der Waals surface area contributed by atoms with Crippen molar-refractivity contribution in [2.75, 3.05) is 0 Å². The summed E-state index contributed by atoms with van der Waals surface area (Å²) in [5.74, 6) is 0.